The number of anilines is 1. The van der Waals surface area contributed by atoms with Crippen LogP contribution in [-0.4, -0.2) is 57.8 Å². The summed E-state index contributed by atoms with van der Waals surface area (Å²) >= 11 is 0. The third-order valence-electron chi connectivity index (χ3n) is 4.83. The first-order valence-corrected chi connectivity index (χ1v) is 9.15. The Kier molecular flexibility index (Phi) is 6.49. The Labute approximate surface area is 160 Å². The average molecular weight is 366 g/mol. The minimum Gasteiger partial charge on any atom is -0.495 e. The molecule has 0 atom stereocenters. The Balaban J connectivity index is 1.67. The van der Waals surface area contributed by atoms with Gasteiger partial charge in [0.05, 0.1) is 19.9 Å². The van der Waals surface area contributed by atoms with Crippen LogP contribution < -0.4 is 9.64 Å². The van der Waals surface area contributed by atoms with Crippen LogP contribution >= 0.6 is 0 Å². The molecule has 1 saturated heterocycles. The molecule has 0 unspecified atom stereocenters. The van der Waals surface area contributed by atoms with E-state index < -0.39 is 0 Å². The van der Waals surface area contributed by atoms with Crippen molar-refractivity contribution in [1.82, 2.24) is 4.90 Å². The second kappa shape index (κ2) is 9.24. The molecule has 0 aromatic heterocycles. The summed E-state index contributed by atoms with van der Waals surface area (Å²) in [7, 11) is 3.12. The van der Waals surface area contributed by atoms with Crippen molar-refractivity contribution in [2.75, 3.05) is 51.8 Å². The first kappa shape index (κ1) is 19.0. The maximum atomic E-state index is 11.8. The van der Waals surface area contributed by atoms with Gasteiger partial charge in [0.2, 0.25) is 0 Å². The standard InChI is InChI=1S/C22H26N2O3/c1-26-21-11-7-6-10-20(21)24-14-12-23(13-15-24)17-19(16-22(25)27-2)18-8-4-3-5-9-18/h3-11,16H,12-15,17H2,1-2H3. The lowest BCUT2D eigenvalue weighted by molar-refractivity contribution is -0.134. The average Bonchev–Trinajstić information content (AvgIpc) is 2.74. The van der Waals surface area contributed by atoms with Crippen molar-refractivity contribution in [3.63, 3.8) is 0 Å². The second-order valence-corrected chi connectivity index (χ2v) is 6.49. The fourth-order valence-corrected chi connectivity index (χ4v) is 3.35. The molecule has 0 N–H and O–H groups in total. The minimum atomic E-state index is -0.318. The van der Waals surface area contributed by atoms with Crippen molar-refractivity contribution in [2.24, 2.45) is 0 Å². The van der Waals surface area contributed by atoms with E-state index in [1.54, 1.807) is 13.2 Å². The maximum absolute atomic E-state index is 11.8. The molecule has 27 heavy (non-hydrogen) atoms. The van der Waals surface area contributed by atoms with Gasteiger partial charge in [0, 0.05) is 38.8 Å². The van der Waals surface area contributed by atoms with E-state index in [4.69, 9.17) is 9.47 Å². The summed E-state index contributed by atoms with van der Waals surface area (Å²) in [5.74, 6) is 0.586. The van der Waals surface area contributed by atoms with Crippen molar-refractivity contribution in [3.05, 3.63) is 66.2 Å². The smallest absolute Gasteiger partial charge is 0.330 e. The van der Waals surface area contributed by atoms with Crippen LogP contribution in [0.1, 0.15) is 5.56 Å². The van der Waals surface area contributed by atoms with E-state index in [0.29, 0.717) is 0 Å². The molecule has 2 aromatic rings. The van der Waals surface area contributed by atoms with Crippen molar-refractivity contribution in [3.8, 4) is 5.75 Å². The van der Waals surface area contributed by atoms with Gasteiger partial charge in [-0.25, -0.2) is 4.79 Å². The number of para-hydroxylation sites is 2. The second-order valence-electron chi connectivity index (χ2n) is 6.49. The predicted molar refractivity (Wildman–Crippen MR) is 108 cm³/mol. The Morgan fingerprint density at radius 3 is 2.30 bits per heavy atom. The highest BCUT2D eigenvalue weighted by Gasteiger charge is 2.20. The van der Waals surface area contributed by atoms with Crippen LogP contribution in [0, 0.1) is 0 Å². The highest BCUT2D eigenvalue weighted by atomic mass is 16.5. The highest BCUT2D eigenvalue weighted by Crippen LogP contribution is 2.28. The number of hydrogen-bond donors (Lipinski definition) is 0. The van der Waals surface area contributed by atoms with Crippen LogP contribution in [0.15, 0.2) is 60.7 Å². The molecule has 1 aliphatic heterocycles. The Bertz CT molecular complexity index is 781. The van der Waals surface area contributed by atoms with Gasteiger partial charge < -0.3 is 14.4 Å². The number of piperazine rings is 1. The maximum Gasteiger partial charge on any atom is 0.330 e. The molecule has 2 aromatic carbocycles. The molecular formula is C22H26N2O3. The summed E-state index contributed by atoms with van der Waals surface area (Å²) in [6, 6.07) is 18.1. The Morgan fingerprint density at radius 2 is 1.63 bits per heavy atom. The topological polar surface area (TPSA) is 42.0 Å². The lowest BCUT2D eigenvalue weighted by Crippen LogP contribution is -2.47. The quantitative estimate of drug-likeness (QED) is 0.581. The van der Waals surface area contributed by atoms with Crippen LogP contribution in [0.3, 0.4) is 0 Å². The molecule has 5 nitrogen and oxygen atoms in total. The molecule has 0 spiro atoms. The van der Waals surface area contributed by atoms with Crippen LogP contribution in [0.5, 0.6) is 5.75 Å². The van der Waals surface area contributed by atoms with E-state index in [2.05, 4.69) is 15.9 Å². The first-order valence-electron chi connectivity index (χ1n) is 9.15. The molecule has 0 amide bonds. The van der Waals surface area contributed by atoms with E-state index in [9.17, 15) is 4.79 Å². The van der Waals surface area contributed by atoms with Gasteiger partial charge in [-0.2, -0.15) is 0 Å². The van der Waals surface area contributed by atoms with Crippen LogP contribution in [0.2, 0.25) is 0 Å². The van der Waals surface area contributed by atoms with Gasteiger partial charge in [-0.1, -0.05) is 42.5 Å². The van der Waals surface area contributed by atoms with Gasteiger partial charge in [-0.15, -0.1) is 0 Å². The largest absolute Gasteiger partial charge is 0.495 e. The zero-order valence-corrected chi connectivity index (χ0v) is 15.9. The van der Waals surface area contributed by atoms with Gasteiger partial charge in [0.1, 0.15) is 5.75 Å². The summed E-state index contributed by atoms with van der Waals surface area (Å²) in [4.78, 5) is 16.5. The van der Waals surface area contributed by atoms with E-state index in [-0.39, 0.29) is 5.97 Å². The lowest BCUT2D eigenvalue weighted by Gasteiger charge is -2.37. The first-order chi connectivity index (χ1) is 13.2. The molecule has 1 fully saturated rings. The zero-order chi connectivity index (χ0) is 19.1. The molecule has 5 heteroatoms. The molecule has 0 bridgehead atoms. The van der Waals surface area contributed by atoms with Crippen molar-refractivity contribution < 1.29 is 14.3 Å². The van der Waals surface area contributed by atoms with Crippen molar-refractivity contribution >= 4 is 17.2 Å². The molecule has 1 aliphatic rings. The number of ether oxygens (including phenoxy) is 2. The van der Waals surface area contributed by atoms with Crippen LogP contribution in [-0.2, 0) is 9.53 Å². The number of rotatable bonds is 6. The summed E-state index contributed by atoms with van der Waals surface area (Å²) < 4.78 is 10.3. The van der Waals surface area contributed by atoms with E-state index in [1.165, 1.54) is 7.11 Å². The number of hydrogen-bond acceptors (Lipinski definition) is 5. The van der Waals surface area contributed by atoms with Gasteiger partial charge in [-0.05, 0) is 23.3 Å². The molecular weight excluding hydrogens is 340 g/mol. The number of esters is 1. The molecule has 0 radical (unpaired) electrons. The number of carbonyl (C=O) groups is 1. The molecule has 3 rings (SSSR count). The van der Waals surface area contributed by atoms with Crippen molar-refractivity contribution in [1.29, 1.82) is 0 Å². The molecule has 142 valence electrons. The highest BCUT2D eigenvalue weighted by molar-refractivity contribution is 5.91. The van der Waals surface area contributed by atoms with Crippen LogP contribution in [0.25, 0.3) is 5.57 Å². The molecule has 0 saturated carbocycles. The third-order valence-corrected chi connectivity index (χ3v) is 4.83. The molecule has 1 heterocycles. The number of nitrogens with zero attached hydrogens (tertiary/aromatic N) is 2. The van der Waals surface area contributed by atoms with E-state index in [0.717, 1.165) is 55.3 Å². The lowest BCUT2D eigenvalue weighted by atomic mass is 10.0. The minimum absolute atomic E-state index is 0.318. The third kappa shape index (κ3) is 4.89. The fraction of sp³-hybridized carbons (Fsp3) is 0.318. The normalized spacial score (nSPS) is 15.5. The summed E-state index contributed by atoms with van der Waals surface area (Å²) in [5, 5.41) is 0. The Morgan fingerprint density at radius 1 is 0.963 bits per heavy atom. The zero-order valence-electron chi connectivity index (χ0n) is 15.9. The number of carbonyl (C=O) groups excluding carboxylic acids is 1. The Hall–Kier alpha value is -2.79. The van der Waals surface area contributed by atoms with Crippen LogP contribution in [0.4, 0.5) is 5.69 Å². The van der Waals surface area contributed by atoms with Gasteiger partial charge in [0.15, 0.2) is 0 Å². The van der Waals surface area contributed by atoms with Gasteiger partial charge >= 0.3 is 5.97 Å². The van der Waals surface area contributed by atoms with Gasteiger partial charge in [-0.3, -0.25) is 4.90 Å². The molecule has 0 aliphatic carbocycles. The summed E-state index contributed by atoms with van der Waals surface area (Å²) in [6.45, 7) is 4.40. The summed E-state index contributed by atoms with van der Waals surface area (Å²) in [5.41, 5.74) is 3.16. The SMILES string of the molecule is COC(=O)C=C(CN1CCN(c2ccccc2OC)CC1)c1ccccc1. The predicted octanol–water partition coefficient (Wildman–Crippen LogP) is 3.07. The monoisotopic (exact) mass is 366 g/mol. The van der Waals surface area contributed by atoms with E-state index in [1.807, 2.05) is 48.5 Å². The number of benzene rings is 2. The van der Waals surface area contributed by atoms with E-state index >= 15 is 0 Å². The van der Waals surface area contributed by atoms with Crippen molar-refractivity contribution in [2.45, 2.75) is 0 Å². The summed E-state index contributed by atoms with van der Waals surface area (Å²) in [6.07, 6.45) is 1.60. The van der Waals surface area contributed by atoms with Gasteiger partial charge in [0.25, 0.3) is 0 Å². The number of methoxy groups -OCH3 is 2. The fourth-order valence-electron chi connectivity index (χ4n) is 3.35.